The van der Waals surface area contributed by atoms with Gasteiger partial charge in [-0.2, -0.15) is 4.98 Å². The molecule has 7 nitrogen and oxygen atoms in total. The fourth-order valence-corrected chi connectivity index (χ4v) is 2.40. The van der Waals surface area contributed by atoms with Gasteiger partial charge in [0.1, 0.15) is 6.20 Å². The third-order valence-corrected chi connectivity index (χ3v) is 3.65. The molecule has 20 heavy (non-hydrogen) atoms. The Labute approximate surface area is 119 Å². The minimum absolute atomic E-state index is 0.178. The van der Waals surface area contributed by atoms with Crippen molar-refractivity contribution in [3.63, 3.8) is 0 Å². The molecule has 0 bridgehead atoms. The van der Waals surface area contributed by atoms with Gasteiger partial charge in [-0.05, 0) is 17.9 Å². The van der Waals surface area contributed by atoms with Gasteiger partial charge in [0.2, 0.25) is 0 Å². The molecule has 1 N–H and O–H groups in total. The van der Waals surface area contributed by atoms with Gasteiger partial charge < -0.3 is 5.32 Å². The van der Waals surface area contributed by atoms with Crippen molar-refractivity contribution in [1.29, 1.82) is 0 Å². The van der Waals surface area contributed by atoms with Gasteiger partial charge in [-0.25, -0.2) is 4.79 Å². The molecule has 8 heteroatoms. The van der Waals surface area contributed by atoms with Crippen molar-refractivity contribution in [1.82, 2.24) is 14.9 Å². The summed E-state index contributed by atoms with van der Waals surface area (Å²) in [5.41, 5.74) is -0.654. The number of hydrogen-bond acceptors (Lipinski definition) is 6. The SMILES string of the molecule is O=c1ncc([N+](=O)[O-])cn1CCNCCc1cccs1. The molecular weight excluding hydrogens is 280 g/mol. The van der Waals surface area contributed by atoms with Crippen LogP contribution in [0.1, 0.15) is 4.88 Å². The normalized spacial score (nSPS) is 10.6. The third kappa shape index (κ3) is 3.97. The predicted octanol–water partition coefficient (Wildman–Crippen LogP) is 1.05. The van der Waals surface area contributed by atoms with E-state index in [-0.39, 0.29) is 5.69 Å². The van der Waals surface area contributed by atoms with Crippen molar-refractivity contribution in [3.05, 3.63) is 55.4 Å². The van der Waals surface area contributed by atoms with E-state index < -0.39 is 10.6 Å². The molecule has 0 fully saturated rings. The van der Waals surface area contributed by atoms with Gasteiger partial charge in [0.15, 0.2) is 0 Å². The zero-order valence-corrected chi connectivity index (χ0v) is 11.5. The summed E-state index contributed by atoms with van der Waals surface area (Å²) in [6.45, 7) is 1.73. The van der Waals surface area contributed by atoms with Gasteiger partial charge in [0.25, 0.3) is 0 Å². The Morgan fingerprint density at radius 2 is 2.30 bits per heavy atom. The minimum atomic E-state index is -0.562. The zero-order valence-electron chi connectivity index (χ0n) is 10.7. The lowest BCUT2D eigenvalue weighted by Gasteiger charge is -2.06. The molecule has 0 radical (unpaired) electrons. The average molecular weight is 294 g/mol. The molecule has 0 saturated heterocycles. The maximum absolute atomic E-state index is 11.4. The highest BCUT2D eigenvalue weighted by Crippen LogP contribution is 2.08. The smallest absolute Gasteiger partial charge is 0.315 e. The van der Waals surface area contributed by atoms with Crippen LogP contribution < -0.4 is 11.0 Å². The van der Waals surface area contributed by atoms with Gasteiger partial charge in [-0.15, -0.1) is 11.3 Å². The molecule has 2 rings (SSSR count). The molecule has 2 aromatic heterocycles. The van der Waals surface area contributed by atoms with Crippen LogP contribution in [0.4, 0.5) is 5.69 Å². The maximum atomic E-state index is 11.4. The number of nitro groups is 1. The van der Waals surface area contributed by atoms with Gasteiger partial charge in [-0.3, -0.25) is 14.7 Å². The first-order chi connectivity index (χ1) is 9.66. The Balaban J connectivity index is 1.80. The molecule has 0 aliphatic rings. The highest BCUT2D eigenvalue weighted by Gasteiger charge is 2.08. The van der Waals surface area contributed by atoms with Gasteiger partial charge in [0, 0.05) is 24.5 Å². The van der Waals surface area contributed by atoms with E-state index in [0.29, 0.717) is 13.1 Å². The largest absolute Gasteiger partial charge is 0.348 e. The minimum Gasteiger partial charge on any atom is -0.315 e. The van der Waals surface area contributed by atoms with E-state index in [4.69, 9.17) is 0 Å². The van der Waals surface area contributed by atoms with Crippen molar-refractivity contribution in [2.24, 2.45) is 0 Å². The van der Waals surface area contributed by atoms with Crippen molar-refractivity contribution < 1.29 is 4.92 Å². The summed E-state index contributed by atoms with van der Waals surface area (Å²) in [6.07, 6.45) is 3.12. The van der Waals surface area contributed by atoms with E-state index in [1.807, 2.05) is 11.4 Å². The summed E-state index contributed by atoms with van der Waals surface area (Å²) in [7, 11) is 0. The Bertz CT molecular complexity index is 624. The maximum Gasteiger partial charge on any atom is 0.348 e. The first-order valence-corrected chi connectivity index (χ1v) is 6.99. The van der Waals surface area contributed by atoms with Gasteiger partial charge in [0.05, 0.1) is 11.1 Å². The Hall–Kier alpha value is -2.06. The van der Waals surface area contributed by atoms with E-state index in [1.165, 1.54) is 15.6 Å². The lowest BCUT2D eigenvalue weighted by molar-refractivity contribution is -0.385. The summed E-state index contributed by atoms with van der Waals surface area (Å²) in [5, 5.41) is 15.8. The molecule has 0 unspecified atom stereocenters. The van der Waals surface area contributed by atoms with Gasteiger partial charge >= 0.3 is 11.4 Å². The molecule has 0 atom stereocenters. The van der Waals surface area contributed by atoms with E-state index in [0.717, 1.165) is 19.2 Å². The highest BCUT2D eigenvalue weighted by atomic mass is 32.1. The molecule has 0 amide bonds. The van der Waals surface area contributed by atoms with Crippen LogP contribution in [0, 0.1) is 10.1 Å². The lowest BCUT2D eigenvalue weighted by Crippen LogP contribution is -2.29. The Kier molecular flexibility index (Phi) is 4.97. The number of aromatic nitrogens is 2. The number of thiophene rings is 1. The molecule has 106 valence electrons. The van der Waals surface area contributed by atoms with Gasteiger partial charge in [-0.1, -0.05) is 6.07 Å². The monoisotopic (exact) mass is 294 g/mol. The molecule has 2 heterocycles. The second kappa shape index (κ2) is 6.92. The van der Waals surface area contributed by atoms with Crippen LogP contribution in [-0.2, 0) is 13.0 Å². The third-order valence-electron chi connectivity index (χ3n) is 2.71. The highest BCUT2D eigenvalue weighted by molar-refractivity contribution is 7.09. The van der Waals surface area contributed by atoms with E-state index in [9.17, 15) is 14.9 Å². The van der Waals surface area contributed by atoms with Crippen LogP contribution in [0.5, 0.6) is 0 Å². The summed E-state index contributed by atoms with van der Waals surface area (Å²) in [6, 6.07) is 4.08. The van der Waals surface area contributed by atoms with Crippen molar-refractivity contribution >= 4 is 17.0 Å². The molecule has 0 aliphatic heterocycles. The summed E-state index contributed by atoms with van der Waals surface area (Å²) >= 11 is 1.70. The number of rotatable bonds is 7. The quantitative estimate of drug-likeness (QED) is 0.468. The number of nitrogens with one attached hydrogen (secondary N) is 1. The first kappa shape index (κ1) is 14.4. The topological polar surface area (TPSA) is 90.1 Å². The lowest BCUT2D eigenvalue weighted by atomic mass is 10.3. The van der Waals surface area contributed by atoms with Crippen LogP contribution in [-0.4, -0.2) is 27.6 Å². The van der Waals surface area contributed by atoms with Crippen LogP contribution in [0.3, 0.4) is 0 Å². The molecule has 0 spiro atoms. The Morgan fingerprint density at radius 1 is 1.45 bits per heavy atom. The van der Waals surface area contributed by atoms with Crippen molar-refractivity contribution in [2.45, 2.75) is 13.0 Å². The van der Waals surface area contributed by atoms with E-state index >= 15 is 0 Å². The first-order valence-electron chi connectivity index (χ1n) is 6.11. The van der Waals surface area contributed by atoms with Crippen molar-refractivity contribution in [2.75, 3.05) is 13.1 Å². The predicted molar refractivity (Wildman–Crippen MR) is 76.0 cm³/mol. The van der Waals surface area contributed by atoms with Crippen LogP contribution in [0.25, 0.3) is 0 Å². The molecular formula is C12H14N4O3S. The van der Waals surface area contributed by atoms with Crippen LogP contribution in [0.15, 0.2) is 34.7 Å². The second-order valence-electron chi connectivity index (χ2n) is 4.12. The molecule has 2 aromatic rings. The molecule has 0 aromatic carbocycles. The second-order valence-corrected chi connectivity index (χ2v) is 5.16. The summed E-state index contributed by atoms with van der Waals surface area (Å²) in [4.78, 5) is 26.3. The summed E-state index contributed by atoms with van der Waals surface area (Å²) in [5.74, 6) is 0. The summed E-state index contributed by atoms with van der Waals surface area (Å²) < 4.78 is 1.25. The van der Waals surface area contributed by atoms with Crippen LogP contribution in [0.2, 0.25) is 0 Å². The standard InChI is InChI=1S/C12H14N4O3S/c17-12-14-8-10(16(18)19)9-15(12)6-5-13-4-3-11-2-1-7-20-11/h1-2,7-9,13H,3-6H2. The van der Waals surface area contributed by atoms with E-state index in [2.05, 4.69) is 16.4 Å². The number of nitrogens with zero attached hydrogens (tertiary/aromatic N) is 3. The number of hydrogen-bond donors (Lipinski definition) is 1. The fourth-order valence-electron chi connectivity index (χ4n) is 1.69. The zero-order chi connectivity index (χ0) is 14.4. The average Bonchev–Trinajstić information content (AvgIpc) is 2.93. The fraction of sp³-hybridized carbons (Fsp3) is 0.333. The van der Waals surface area contributed by atoms with Crippen LogP contribution >= 0.6 is 11.3 Å². The molecule has 0 aliphatic carbocycles. The Morgan fingerprint density at radius 3 is 3.00 bits per heavy atom. The molecule has 0 saturated carbocycles. The van der Waals surface area contributed by atoms with Crippen molar-refractivity contribution in [3.8, 4) is 0 Å². The van der Waals surface area contributed by atoms with E-state index in [1.54, 1.807) is 11.3 Å².